The number of anilines is 1. The highest BCUT2D eigenvalue weighted by Crippen LogP contribution is 2.22. The quantitative estimate of drug-likeness (QED) is 0.658. The molecule has 0 saturated heterocycles. The molecule has 3 aromatic rings. The number of aromatic nitrogens is 2. The number of hydrogen-bond acceptors (Lipinski definition) is 3. The molecule has 3 rings (SSSR count). The molecule has 4 heteroatoms. The molecule has 0 aliphatic rings. The van der Waals surface area contributed by atoms with Crippen molar-refractivity contribution in [3.8, 4) is 11.8 Å². The second-order valence-corrected chi connectivity index (χ2v) is 3.98. The van der Waals surface area contributed by atoms with E-state index in [0.29, 0.717) is 11.4 Å². The Morgan fingerprint density at radius 3 is 2.61 bits per heavy atom. The zero-order valence-electron chi connectivity index (χ0n) is 9.54. The van der Waals surface area contributed by atoms with Crippen molar-refractivity contribution in [2.75, 3.05) is 5.73 Å². The molecule has 0 aliphatic heterocycles. The van der Waals surface area contributed by atoms with E-state index in [2.05, 4.69) is 11.2 Å². The smallest absolute Gasteiger partial charge is 0.152 e. The van der Waals surface area contributed by atoms with Crippen LogP contribution < -0.4 is 5.73 Å². The number of rotatable bonds is 1. The minimum Gasteiger partial charge on any atom is -0.399 e. The lowest BCUT2D eigenvalue weighted by molar-refractivity contribution is 0.881. The average Bonchev–Trinajstić information content (AvgIpc) is 2.77. The highest BCUT2D eigenvalue weighted by molar-refractivity contribution is 5.87. The van der Waals surface area contributed by atoms with Crippen molar-refractivity contribution >= 4 is 16.6 Å². The van der Waals surface area contributed by atoms with Gasteiger partial charge in [-0.2, -0.15) is 10.4 Å². The van der Waals surface area contributed by atoms with Gasteiger partial charge in [-0.15, -0.1) is 0 Å². The molecule has 0 unspecified atom stereocenters. The molecule has 4 nitrogen and oxygen atoms in total. The van der Waals surface area contributed by atoms with Crippen molar-refractivity contribution in [1.29, 1.82) is 5.26 Å². The third-order valence-electron chi connectivity index (χ3n) is 2.80. The van der Waals surface area contributed by atoms with Crippen LogP contribution in [0.15, 0.2) is 48.5 Å². The first-order valence-corrected chi connectivity index (χ1v) is 5.53. The number of para-hydroxylation sites is 1. The predicted molar refractivity (Wildman–Crippen MR) is 70.2 cm³/mol. The number of fused-ring (bicyclic) bond motifs is 1. The van der Waals surface area contributed by atoms with Crippen LogP contribution in [0.4, 0.5) is 5.69 Å². The van der Waals surface area contributed by atoms with Gasteiger partial charge in [0.05, 0.1) is 11.2 Å². The van der Waals surface area contributed by atoms with Crippen LogP contribution in [-0.4, -0.2) is 9.78 Å². The van der Waals surface area contributed by atoms with Gasteiger partial charge in [-0.25, -0.2) is 4.68 Å². The largest absolute Gasteiger partial charge is 0.399 e. The molecule has 2 aromatic carbocycles. The second kappa shape index (κ2) is 3.90. The topological polar surface area (TPSA) is 67.6 Å². The van der Waals surface area contributed by atoms with Crippen molar-refractivity contribution < 1.29 is 0 Å². The van der Waals surface area contributed by atoms with E-state index in [1.165, 1.54) is 0 Å². The normalized spacial score (nSPS) is 10.4. The summed E-state index contributed by atoms with van der Waals surface area (Å²) in [4.78, 5) is 0. The molecule has 0 radical (unpaired) electrons. The number of nitriles is 1. The maximum Gasteiger partial charge on any atom is 0.152 e. The highest BCUT2D eigenvalue weighted by Gasteiger charge is 2.11. The van der Waals surface area contributed by atoms with Crippen LogP contribution in [0, 0.1) is 11.3 Å². The molecule has 2 N–H and O–H groups in total. The number of nitrogen functional groups attached to an aromatic ring is 1. The van der Waals surface area contributed by atoms with Gasteiger partial charge >= 0.3 is 0 Å². The molecule has 0 amide bonds. The molecular weight excluding hydrogens is 224 g/mol. The summed E-state index contributed by atoms with van der Waals surface area (Å²) in [5.74, 6) is 0. The fraction of sp³-hybridized carbons (Fsp3) is 0. The number of nitrogens with zero attached hydrogens (tertiary/aromatic N) is 3. The SMILES string of the molecule is N#Cc1c2ccc(N)cc2nn1-c1ccccc1. The summed E-state index contributed by atoms with van der Waals surface area (Å²) in [5.41, 5.74) is 8.50. The van der Waals surface area contributed by atoms with Crippen LogP contribution in [0.1, 0.15) is 5.69 Å². The van der Waals surface area contributed by atoms with E-state index >= 15 is 0 Å². The molecule has 0 atom stereocenters. The fourth-order valence-electron chi connectivity index (χ4n) is 1.97. The summed E-state index contributed by atoms with van der Waals surface area (Å²) in [5, 5.41) is 14.5. The first-order valence-electron chi connectivity index (χ1n) is 5.53. The van der Waals surface area contributed by atoms with Crippen LogP contribution in [0.25, 0.3) is 16.6 Å². The standard InChI is InChI=1S/C14H10N4/c15-9-14-12-7-6-10(16)8-13(12)17-18(14)11-4-2-1-3-5-11/h1-8H,16H2. The summed E-state index contributed by atoms with van der Waals surface area (Å²) in [6, 6.07) is 17.2. The summed E-state index contributed by atoms with van der Waals surface area (Å²) in [6.07, 6.45) is 0. The molecule has 0 spiro atoms. The lowest BCUT2D eigenvalue weighted by Gasteiger charge is -2.00. The molecule has 1 aromatic heterocycles. The Bertz CT molecular complexity index is 751. The maximum atomic E-state index is 9.29. The van der Waals surface area contributed by atoms with Crippen LogP contribution in [0.2, 0.25) is 0 Å². The van der Waals surface area contributed by atoms with Gasteiger partial charge in [0, 0.05) is 11.1 Å². The minimum atomic E-state index is 0.524. The van der Waals surface area contributed by atoms with E-state index in [0.717, 1.165) is 16.6 Å². The number of nitrogens with two attached hydrogens (primary N) is 1. The Kier molecular flexibility index (Phi) is 2.24. The van der Waals surface area contributed by atoms with E-state index < -0.39 is 0 Å². The van der Waals surface area contributed by atoms with Crippen molar-refractivity contribution in [3.05, 3.63) is 54.2 Å². The van der Waals surface area contributed by atoms with Crippen molar-refractivity contribution in [2.24, 2.45) is 0 Å². The molecule has 0 bridgehead atoms. The Morgan fingerprint density at radius 1 is 1.11 bits per heavy atom. The molecular formula is C14H10N4. The summed E-state index contributed by atoms with van der Waals surface area (Å²) in [7, 11) is 0. The maximum absolute atomic E-state index is 9.29. The lowest BCUT2D eigenvalue weighted by atomic mass is 10.2. The summed E-state index contributed by atoms with van der Waals surface area (Å²) >= 11 is 0. The minimum absolute atomic E-state index is 0.524. The summed E-state index contributed by atoms with van der Waals surface area (Å²) in [6.45, 7) is 0. The molecule has 86 valence electrons. The summed E-state index contributed by atoms with van der Waals surface area (Å²) < 4.78 is 1.64. The zero-order chi connectivity index (χ0) is 12.5. The van der Waals surface area contributed by atoms with Gasteiger partial charge in [-0.1, -0.05) is 18.2 Å². The van der Waals surface area contributed by atoms with E-state index in [9.17, 15) is 5.26 Å². The van der Waals surface area contributed by atoms with Gasteiger partial charge in [0.2, 0.25) is 0 Å². The highest BCUT2D eigenvalue weighted by atomic mass is 15.3. The average molecular weight is 234 g/mol. The molecule has 1 heterocycles. The molecule has 0 saturated carbocycles. The molecule has 18 heavy (non-hydrogen) atoms. The lowest BCUT2D eigenvalue weighted by Crippen LogP contribution is -1.98. The fourth-order valence-corrected chi connectivity index (χ4v) is 1.97. The van der Waals surface area contributed by atoms with E-state index in [4.69, 9.17) is 5.73 Å². The Hall–Kier alpha value is -2.80. The van der Waals surface area contributed by atoms with Crippen LogP contribution >= 0.6 is 0 Å². The van der Waals surface area contributed by atoms with Gasteiger partial charge < -0.3 is 5.73 Å². The first-order chi connectivity index (χ1) is 8.79. The van der Waals surface area contributed by atoms with Gasteiger partial charge in [0.15, 0.2) is 5.69 Å². The van der Waals surface area contributed by atoms with E-state index in [1.807, 2.05) is 36.4 Å². The molecule has 0 fully saturated rings. The zero-order valence-corrected chi connectivity index (χ0v) is 9.54. The van der Waals surface area contributed by atoms with Gasteiger partial charge in [0.1, 0.15) is 6.07 Å². The van der Waals surface area contributed by atoms with Gasteiger partial charge in [0.25, 0.3) is 0 Å². The van der Waals surface area contributed by atoms with Crippen molar-refractivity contribution in [2.45, 2.75) is 0 Å². The Labute approximate surface area is 104 Å². The third-order valence-corrected chi connectivity index (χ3v) is 2.80. The third kappa shape index (κ3) is 1.50. The predicted octanol–water partition coefficient (Wildman–Crippen LogP) is 2.48. The van der Waals surface area contributed by atoms with Gasteiger partial charge in [-0.05, 0) is 30.3 Å². The number of hydrogen-bond donors (Lipinski definition) is 1. The van der Waals surface area contributed by atoms with Gasteiger partial charge in [-0.3, -0.25) is 0 Å². The monoisotopic (exact) mass is 234 g/mol. The number of benzene rings is 2. The van der Waals surface area contributed by atoms with E-state index in [1.54, 1.807) is 16.8 Å². The Morgan fingerprint density at radius 2 is 1.89 bits per heavy atom. The first kappa shape index (κ1) is 10.4. The van der Waals surface area contributed by atoms with E-state index in [-0.39, 0.29) is 0 Å². The van der Waals surface area contributed by atoms with Crippen molar-refractivity contribution in [3.63, 3.8) is 0 Å². The van der Waals surface area contributed by atoms with Crippen LogP contribution in [0.5, 0.6) is 0 Å². The Balaban J connectivity index is 2.34. The van der Waals surface area contributed by atoms with Crippen LogP contribution in [0.3, 0.4) is 0 Å². The van der Waals surface area contributed by atoms with Crippen LogP contribution in [-0.2, 0) is 0 Å². The van der Waals surface area contributed by atoms with Crippen molar-refractivity contribution in [1.82, 2.24) is 9.78 Å². The molecule has 0 aliphatic carbocycles. The second-order valence-electron chi connectivity index (χ2n) is 3.98.